The van der Waals surface area contributed by atoms with Gasteiger partial charge in [-0.3, -0.25) is 4.79 Å². The average molecular weight is 349 g/mol. The molecule has 0 aliphatic rings. The topological polar surface area (TPSA) is 83.5 Å². The first-order valence-electron chi connectivity index (χ1n) is 7.18. The van der Waals surface area contributed by atoms with Gasteiger partial charge in [-0.05, 0) is 26.3 Å². The summed E-state index contributed by atoms with van der Waals surface area (Å²) in [7, 11) is -3.57. The molecule has 23 heavy (non-hydrogen) atoms. The second-order valence-electron chi connectivity index (χ2n) is 5.63. The zero-order valence-electron chi connectivity index (χ0n) is 13.3. The maximum atomic E-state index is 13.7. The van der Waals surface area contributed by atoms with Crippen molar-refractivity contribution in [1.29, 1.82) is 0 Å². The lowest BCUT2D eigenvalue weighted by Gasteiger charge is -2.25. The summed E-state index contributed by atoms with van der Waals surface area (Å²) in [4.78, 5) is 11.9. The molecule has 0 fully saturated rings. The highest BCUT2D eigenvalue weighted by Crippen LogP contribution is 2.23. The van der Waals surface area contributed by atoms with Crippen LogP contribution in [0.3, 0.4) is 0 Å². The second-order valence-corrected chi connectivity index (χ2v) is 8.07. The molecular weight excluding hydrogens is 328 g/mol. The van der Waals surface area contributed by atoms with Gasteiger partial charge in [0.1, 0.15) is 22.5 Å². The first kappa shape index (κ1) is 19.5. The lowest BCUT2D eigenvalue weighted by atomic mass is 9.95. The minimum Gasteiger partial charge on any atom is -0.383 e. The lowest BCUT2D eigenvalue weighted by Crippen LogP contribution is -2.45. The average Bonchev–Trinajstić information content (AvgIpc) is 2.43. The van der Waals surface area contributed by atoms with E-state index in [2.05, 4.69) is 5.32 Å². The number of halogens is 2. The molecule has 0 unspecified atom stereocenters. The fourth-order valence-corrected chi connectivity index (χ4v) is 3.38. The molecule has 0 radical (unpaired) electrons. The molecule has 8 heteroatoms. The van der Waals surface area contributed by atoms with Crippen LogP contribution in [-0.2, 0) is 20.2 Å². The molecule has 0 saturated heterocycles. The van der Waals surface area contributed by atoms with Crippen LogP contribution in [0.2, 0.25) is 0 Å². The molecule has 1 aromatic rings. The van der Waals surface area contributed by atoms with E-state index in [1.165, 1.54) is 13.8 Å². The molecule has 2 N–H and O–H groups in total. The summed E-state index contributed by atoms with van der Waals surface area (Å²) >= 11 is 0. The molecule has 1 rings (SSSR count). The summed E-state index contributed by atoms with van der Waals surface area (Å²) in [5, 5.41) is 11.3. The van der Waals surface area contributed by atoms with E-state index in [1.54, 1.807) is 6.92 Å². The Labute approximate surface area is 134 Å². The quantitative estimate of drug-likeness (QED) is 0.781. The number of rotatable bonds is 7. The van der Waals surface area contributed by atoms with Crippen LogP contribution in [0, 0.1) is 11.6 Å². The van der Waals surface area contributed by atoms with Gasteiger partial charge in [-0.25, -0.2) is 17.2 Å². The van der Waals surface area contributed by atoms with Gasteiger partial charge in [-0.1, -0.05) is 13.0 Å². The third-order valence-electron chi connectivity index (χ3n) is 3.51. The molecule has 0 bridgehead atoms. The van der Waals surface area contributed by atoms with Crippen molar-refractivity contribution in [2.24, 2.45) is 0 Å². The third-order valence-corrected chi connectivity index (χ3v) is 5.78. The lowest BCUT2D eigenvalue weighted by molar-refractivity contribution is -0.121. The SMILES string of the molecule is CCCS(=O)(=O)[C@@H](C)C(=O)NC[C@](C)(O)c1ccc(F)cc1F. The van der Waals surface area contributed by atoms with E-state index in [0.717, 1.165) is 12.1 Å². The summed E-state index contributed by atoms with van der Waals surface area (Å²) in [6.45, 7) is 3.78. The van der Waals surface area contributed by atoms with Crippen LogP contribution < -0.4 is 5.32 Å². The molecule has 0 saturated carbocycles. The molecule has 1 amide bonds. The summed E-state index contributed by atoms with van der Waals surface area (Å²) in [6, 6.07) is 2.69. The van der Waals surface area contributed by atoms with Gasteiger partial charge in [0, 0.05) is 11.6 Å². The molecule has 0 spiro atoms. The van der Waals surface area contributed by atoms with Crippen molar-refractivity contribution in [2.75, 3.05) is 12.3 Å². The number of nitrogens with one attached hydrogen (secondary N) is 1. The maximum absolute atomic E-state index is 13.7. The van der Waals surface area contributed by atoms with Gasteiger partial charge in [0.25, 0.3) is 0 Å². The van der Waals surface area contributed by atoms with Gasteiger partial charge >= 0.3 is 0 Å². The molecule has 2 atom stereocenters. The minimum absolute atomic E-state index is 0.120. The summed E-state index contributed by atoms with van der Waals surface area (Å²) in [6.07, 6.45) is 0.387. The number of aliphatic hydroxyl groups is 1. The maximum Gasteiger partial charge on any atom is 0.238 e. The Morgan fingerprint density at radius 2 is 2.00 bits per heavy atom. The van der Waals surface area contributed by atoms with Crippen molar-refractivity contribution in [1.82, 2.24) is 5.32 Å². The molecule has 0 aliphatic heterocycles. The largest absolute Gasteiger partial charge is 0.383 e. The normalized spacial score (nSPS) is 15.7. The standard InChI is InChI=1S/C15H21F2NO4S/c1-4-7-23(21,22)10(2)14(19)18-9-15(3,20)12-6-5-11(16)8-13(12)17/h5-6,8,10,20H,4,7,9H2,1-3H3,(H,18,19)/t10-,15-/m0/s1. The van der Waals surface area contributed by atoms with Crippen LogP contribution in [-0.4, -0.2) is 37.0 Å². The van der Waals surface area contributed by atoms with Crippen molar-refractivity contribution in [3.05, 3.63) is 35.4 Å². The molecule has 0 aliphatic carbocycles. The van der Waals surface area contributed by atoms with Crippen molar-refractivity contribution < 1.29 is 27.1 Å². The number of benzene rings is 1. The highest BCUT2D eigenvalue weighted by molar-refractivity contribution is 7.92. The highest BCUT2D eigenvalue weighted by atomic mass is 32.2. The van der Waals surface area contributed by atoms with Crippen molar-refractivity contribution in [2.45, 2.75) is 38.0 Å². The van der Waals surface area contributed by atoms with E-state index in [4.69, 9.17) is 0 Å². The van der Waals surface area contributed by atoms with Crippen molar-refractivity contribution in [3.63, 3.8) is 0 Å². The number of amides is 1. The Balaban J connectivity index is 2.81. The molecule has 0 heterocycles. The predicted molar refractivity (Wildman–Crippen MR) is 82.5 cm³/mol. The fraction of sp³-hybridized carbons (Fsp3) is 0.533. The van der Waals surface area contributed by atoms with Crippen LogP contribution in [0.25, 0.3) is 0 Å². The molecule has 1 aromatic carbocycles. The number of carbonyl (C=O) groups excluding carboxylic acids is 1. The number of hydrogen-bond acceptors (Lipinski definition) is 4. The summed E-state index contributed by atoms with van der Waals surface area (Å²) in [5.41, 5.74) is -2.00. The Kier molecular flexibility index (Phi) is 6.24. The molecule has 130 valence electrons. The Morgan fingerprint density at radius 1 is 1.39 bits per heavy atom. The van der Waals surface area contributed by atoms with Crippen LogP contribution in [0.5, 0.6) is 0 Å². The summed E-state index contributed by atoms with van der Waals surface area (Å²) in [5.74, 6) is -2.63. The second kappa shape index (κ2) is 7.35. The van der Waals surface area contributed by atoms with Crippen molar-refractivity contribution in [3.8, 4) is 0 Å². The van der Waals surface area contributed by atoms with Gasteiger partial charge in [0.15, 0.2) is 9.84 Å². The molecule has 0 aromatic heterocycles. The van der Waals surface area contributed by atoms with E-state index in [1.807, 2.05) is 0 Å². The fourth-order valence-electron chi connectivity index (χ4n) is 2.05. The molecule has 5 nitrogen and oxygen atoms in total. The number of carbonyl (C=O) groups is 1. The minimum atomic E-state index is -3.57. The predicted octanol–water partition coefficient (Wildman–Crippen LogP) is 1.50. The Bertz CT molecular complexity index is 674. The number of sulfone groups is 1. The Hall–Kier alpha value is -1.54. The number of hydrogen-bond donors (Lipinski definition) is 2. The van der Waals surface area contributed by atoms with E-state index >= 15 is 0 Å². The van der Waals surface area contributed by atoms with Gasteiger partial charge in [0.2, 0.25) is 5.91 Å². The van der Waals surface area contributed by atoms with Gasteiger partial charge in [-0.2, -0.15) is 0 Å². The highest BCUT2D eigenvalue weighted by Gasteiger charge is 2.31. The first-order valence-corrected chi connectivity index (χ1v) is 8.90. The zero-order valence-corrected chi connectivity index (χ0v) is 14.1. The smallest absolute Gasteiger partial charge is 0.238 e. The van der Waals surface area contributed by atoms with Gasteiger partial charge in [0.05, 0.1) is 12.3 Å². The van der Waals surface area contributed by atoms with Crippen LogP contribution in [0.4, 0.5) is 8.78 Å². The van der Waals surface area contributed by atoms with Crippen LogP contribution >= 0.6 is 0 Å². The Morgan fingerprint density at radius 3 is 2.52 bits per heavy atom. The van der Waals surface area contributed by atoms with E-state index in [9.17, 15) is 27.1 Å². The summed E-state index contributed by atoms with van der Waals surface area (Å²) < 4.78 is 50.3. The molecular formula is C15H21F2NO4S. The van der Waals surface area contributed by atoms with Crippen molar-refractivity contribution >= 4 is 15.7 Å². The van der Waals surface area contributed by atoms with E-state index in [-0.39, 0.29) is 11.3 Å². The van der Waals surface area contributed by atoms with E-state index < -0.39 is 44.8 Å². The third kappa shape index (κ3) is 4.97. The van der Waals surface area contributed by atoms with Crippen LogP contribution in [0.1, 0.15) is 32.8 Å². The first-order chi connectivity index (χ1) is 10.5. The van der Waals surface area contributed by atoms with Crippen LogP contribution in [0.15, 0.2) is 18.2 Å². The zero-order chi connectivity index (χ0) is 17.8. The monoisotopic (exact) mass is 349 g/mol. The van der Waals surface area contributed by atoms with E-state index in [0.29, 0.717) is 12.5 Å². The van der Waals surface area contributed by atoms with Gasteiger partial charge in [-0.15, -0.1) is 0 Å². The van der Waals surface area contributed by atoms with Gasteiger partial charge < -0.3 is 10.4 Å².